The molecule has 0 aliphatic heterocycles. The molecule has 2 N–H and O–H groups in total. The van der Waals surface area contributed by atoms with Crippen molar-refractivity contribution in [2.24, 2.45) is 0 Å². The zero-order valence-electron chi connectivity index (χ0n) is 10.2. The fourth-order valence-corrected chi connectivity index (χ4v) is 2.09. The van der Waals surface area contributed by atoms with Crippen LogP contribution in [-0.2, 0) is 10.5 Å². The van der Waals surface area contributed by atoms with Crippen LogP contribution in [0.5, 0.6) is 0 Å². The van der Waals surface area contributed by atoms with Gasteiger partial charge in [0, 0.05) is 14.1 Å². The minimum absolute atomic E-state index is 0.0768. The van der Waals surface area contributed by atoms with E-state index in [2.05, 4.69) is 15.0 Å². The molecule has 0 aromatic carbocycles. The first kappa shape index (κ1) is 12.7. The molecule has 7 heteroatoms. The average molecular weight is 266 g/mol. The van der Waals surface area contributed by atoms with Gasteiger partial charge in [-0.2, -0.15) is 0 Å². The maximum Gasteiger partial charge on any atom is 0.313 e. The zero-order chi connectivity index (χ0) is 13.1. The lowest BCUT2D eigenvalue weighted by Gasteiger charge is -2.09. The number of aromatic amines is 1. The summed E-state index contributed by atoms with van der Waals surface area (Å²) in [5.74, 6) is 1.40. The molecule has 18 heavy (non-hydrogen) atoms. The van der Waals surface area contributed by atoms with Crippen LogP contribution in [0.3, 0.4) is 0 Å². The Hall–Kier alpha value is -1.76. The Bertz CT molecular complexity index is 567. The second-order valence-corrected chi connectivity index (χ2v) is 4.99. The van der Waals surface area contributed by atoms with Crippen LogP contribution in [0, 0.1) is 0 Å². The number of imidazole rings is 1. The van der Waals surface area contributed by atoms with Crippen LogP contribution in [0.25, 0.3) is 11.2 Å². The summed E-state index contributed by atoms with van der Waals surface area (Å²) in [6, 6.07) is 3.84. The van der Waals surface area contributed by atoms with Gasteiger partial charge in [-0.1, -0.05) is 0 Å². The van der Waals surface area contributed by atoms with Crippen LogP contribution in [0.15, 0.2) is 12.1 Å². The van der Waals surface area contributed by atoms with E-state index in [9.17, 15) is 4.79 Å². The minimum Gasteiger partial charge on any atom is -0.481 e. The number of thioether (sulfide) groups is 1. The molecule has 2 rings (SSSR count). The third-order valence-electron chi connectivity index (χ3n) is 2.30. The molecule has 0 radical (unpaired) electrons. The molecule has 0 aliphatic carbocycles. The van der Waals surface area contributed by atoms with Crippen molar-refractivity contribution in [2.45, 2.75) is 5.75 Å². The van der Waals surface area contributed by atoms with Crippen LogP contribution in [-0.4, -0.2) is 45.9 Å². The Morgan fingerprint density at radius 2 is 2.22 bits per heavy atom. The lowest BCUT2D eigenvalue weighted by molar-refractivity contribution is -0.133. The van der Waals surface area contributed by atoms with E-state index in [4.69, 9.17) is 5.11 Å². The summed E-state index contributed by atoms with van der Waals surface area (Å²) in [5.41, 5.74) is 1.53. The number of fused-ring (bicyclic) bond motifs is 1. The van der Waals surface area contributed by atoms with Gasteiger partial charge in [0.15, 0.2) is 5.65 Å². The Kier molecular flexibility index (Phi) is 3.71. The molecule has 6 nitrogen and oxygen atoms in total. The highest BCUT2D eigenvalue weighted by atomic mass is 32.2. The molecular weight excluding hydrogens is 252 g/mol. The lowest BCUT2D eigenvalue weighted by atomic mass is 10.4. The number of anilines is 1. The van der Waals surface area contributed by atoms with Gasteiger partial charge in [-0.05, 0) is 12.1 Å². The average Bonchev–Trinajstić information content (AvgIpc) is 2.69. The third kappa shape index (κ3) is 2.92. The van der Waals surface area contributed by atoms with E-state index in [-0.39, 0.29) is 5.75 Å². The van der Waals surface area contributed by atoms with Crippen LogP contribution >= 0.6 is 11.8 Å². The summed E-state index contributed by atoms with van der Waals surface area (Å²) >= 11 is 1.31. The van der Waals surface area contributed by atoms with E-state index in [1.807, 2.05) is 31.1 Å². The quantitative estimate of drug-likeness (QED) is 0.850. The number of carbonyl (C=O) groups is 1. The van der Waals surface area contributed by atoms with Gasteiger partial charge in [0.05, 0.1) is 17.0 Å². The molecule has 96 valence electrons. The van der Waals surface area contributed by atoms with Gasteiger partial charge in [-0.15, -0.1) is 11.8 Å². The van der Waals surface area contributed by atoms with Gasteiger partial charge in [-0.25, -0.2) is 9.97 Å². The van der Waals surface area contributed by atoms with Crippen molar-refractivity contribution in [1.29, 1.82) is 0 Å². The number of pyridine rings is 1. The van der Waals surface area contributed by atoms with Crippen molar-refractivity contribution in [3.05, 3.63) is 18.0 Å². The molecule has 2 aromatic rings. The first-order valence-corrected chi connectivity index (χ1v) is 6.54. The highest BCUT2D eigenvalue weighted by Crippen LogP contribution is 2.17. The first-order chi connectivity index (χ1) is 8.56. The second-order valence-electron chi connectivity index (χ2n) is 4.01. The Morgan fingerprint density at radius 3 is 2.89 bits per heavy atom. The number of hydrogen-bond donors (Lipinski definition) is 2. The monoisotopic (exact) mass is 266 g/mol. The summed E-state index contributed by atoms with van der Waals surface area (Å²) in [6.45, 7) is 0. The number of H-pyrrole nitrogens is 1. The number of carboxylic acids is 1. The minimum atomic E-state index is -0.816. The molecular formula is C11H14N4O2S. The predicted octanol–water partition coefficient (Wildman–Crippen LogP) is 1.34. The van der Waals surface area contributed by atoms with Gasteiger partial charge >= 0.3 is 5.97 Å². The fourth-order valence-electron chi connectivity index (χ4n) is 1.48. The molecule has 0 amide bonds. The van der Waals surface area contributed by atoms with E-state index in [1.165, 1.54) is 11.8 Å². The Morgan fingerprint density at radius 1 is 1.44 bits per heavy atom. The van der Waals surface area contributed by atoms with Gasteiger partial charge in [0.2, 0.25) is 0 Å². The molecule has 0 unspecified atom stereocenters. The number of rotatable bonds is 5. The number of nitrogens with one attached hydrogen (secondary N) is 1. The van der Waals surface area contributed by atoms with E-state index < -0.39 is 5.97 Å². The molecule has 2 aromatic heterocycles. The number of nitrogens with zero attached hydrogens (tertiary/aromatic N) is 3. The Balaban J connectivity index is 2.14. The molecule has 0 aliphatic rings. The number of hydrogen-bond acceptors (Lipinski definition) is 5. The van der Waals surface area contributed by atoms with Crippen LogP contribution < -0.4 is 4.90 Å². The smallest absolute Gasteiger partial charge is 0.313 e. The van der Waals surface area contributed by atoms with E-state index in [0.29, 0.717) is 11.4 Å². The highest BCUT2D eigenvalue weighted by Gasteiger charge is 2.07. The lowest BCUT2D eigenvalue weighted by Crippen LogP contribution is -2.10. The molecule has 2 heterocycles. The SMILES string of the molecule is CN(C)c1ccc2[nH]c(CSCC(=O)O)nc2n1. The molecule has 0 bridgehead atoms. The molecule has 0 saturated heterocycles. The number of aromatic nitrogens is 3. The topological polar surface area (TPSA) is 82.1 Å². The molecule has 0 saturated carbocycles. The molecule has 0 fully saturated rings. The van der Waals surface area contributed by atoms with Gasteiger partial charge in [0.25, 0.3) is 0 Å². The van der Waals surface area contributed by atoms with Crippen LogP contribution in [0.2, 0.25) is 0 Å². The maximum atomic E-state index is 10.4. The summed E-state index contributed by atoms with van der Waals surface area (Å²) in [6.07, 6.45) is 0. The standard InChI is InChI=1S/C11H14N4O2S/c1-15(2)9-4-3-7-11(14-9)13-8(12-7)5-18-6-10(16)17/h3-4H,5-6H2,1-2H3,(H,16,17)(H,12,13,14). The summed E-state index contributed by atoms with van der Waals surface area (Å²) in [7, 11) is 3.84. The van der Waals surface area contributed by atoms with Crippen LogP contribution in [0.1, 0.15) is 5.82 Å². The van der Waals surface area contributed by atoms with Crippen molar-refractivity contribution in [1.82, 2.24) is 15.0 Å². The maximum absolute atomic E-state index is 10.4. The number of aliphatic carboxylic acids is 1. The van der Waals surface area contributed by atoms with Gasteiger partial charge < -0.3 is 15.0 Å². The molecule has 0 atom stereocenters. The van der Waals surface area contributed by atoms with Crippen molar-refractivity contribution in [3.63, 3.8) is 0 Å². The third-order valence-corrected chi connectivity index (χ3v) is 3.23. The first-order valence-electron chi connectivity index (χ1n) is 5.39. The van der Waals surface area contributed by atoms with E-state index in [1.54, 1.807) is 0 Å². The highest BCUT2D eigenvalue weighted by molar-refractivity contribution is 7.99. The summed E-state index contributed by atoms with van der Waals surface area (Å²) in [5, 5.41) is 8.56. The predicted molar refractivity (Wildman–Crippen MR) is 72.0 cm³/mol. The van der Waals surface area contributed by atoms with Crippen molar-refractivity contribution < 1.29 is 9.90 Å². The van der Waals surface area contributed by atoms with Gasteiger partial charge in [-0.3, -0.25) is 4.79 Å². The fraction of sp³-hybridized carbons (Fsp3) is 0.364. The zero-order valence-corrected chi connectivity index (χ0v) is 11.0. The van der Waals surface area contributed by atoms with Crippen molar-refractivity contribution in [3.8, 4) is 0 Å². The Labute approximate surface area is 108 Å². The van der Waals surface area contributed by atoms with Crippen molar-refractivity contribution in [2.75, 3.05) is 24.7 Å². The van der Waals surface area contributed by atoms with Crippen molar-refractivity contribution >= 4 is 34.7 Å². The normalized spacial score (nSPS) is 10.8. The second kappa shape index (κ2) is 5.26. The van der Waals surface area contributed by atoms with E-state index in [0.717, 1.165) is 17.2 Å². The number of carboxylic acid groups (broad SMARTS) is 1. The summed E-state index contributed by atoms with van der Waals surface area (Å²) < 4.78 is 0. The van der Waals surface area contributed by atoms with Crippen LogP contribution in [0.4, 0.5) is 5.82 Å². The van der Waals surface area contributed by atoms with E-state index >= 15 is 0 Å². The summed E-state index contributed by atoms with van der Waals surface area (Å²) in [4.78, 5) is 24.2. The molecule has 0 spiro atoms. The van der Waals surface area contributed by atoms with Gasteiger partial charge in [0.1, 0.15) is 11.6 Å². The largest absolute Gasteiger partial charge is 0.481 e.